The molecule has 0 radical (unpaired) electrons. The van der Waals surface area contributed by atoms with Crippen molar-refractivity contribution in [2.45, 2.75) is 18.7 Å². The second kappa shape index (κ2) is 6.09. The standard InChI is InChI=1S/C17H18N4O2S/c1-12-7-8-13(2)16(9-12)24(22,23)20-15-6-4-5-14(10-15)17-18-11-21(3)19-17/h4-11,20H,1-3H3. The molecule has 0 fully saturated rings. The lowest BCUT2D eigenvalue weighted by atomic mass is 10.2. The van der Waals surface area contributed by atoms with Gasteiger partial charge in [-0.3, -0.25) is 9.40 Å². The minimum absolute atomic E-state index is 0.281. The maximum atomic E-state index is 12.7. The van der Waals surface area contributed by atoms with Gasteiger partial charge in [-0.2, -0.15) is 5.10 Å². The molecule has 124 valence electrons. The van der Waals surface area contributed by atoms with Crippen molar-refractivity contribution in [3.05, 3.63) is 59.9 Å². The summed E-state index contributed by atoms with van der Waals surface area (Å²) < 4.78 is 29.6. The summed E-state index contributed by atoms with van der Waals surface area (Å²) in [5.41, 5.74) is 2.82. The van der Waals surface area contributed by atoms with E-state index in [4.69, 9.17) is 0 Å². The number of benzene rings is 2. The van der Waals surface area contributed by atoms with Crippen LogP contribution in [0.3, 0.4) is 0 Å². The Morgan fingerprint density at radius 2 is 1.88 bits per heavy atom. The Bertz CT molecular complexity index is 993. The van der Waals surface area contributed by atoms with Gasteiger partial charge in [0, 0.05) is 18.3 Å². The van der Waals surface area contributed by atoms with Crippen LogP contribution in [-0.2, 0) is 17.1 Å². The fourth-order valence-corrected chi connectivity index (χ4v) is 3.78. The first-order valence-electron chi connectivity index (χ1n) is 7.41. The summed E-state index contributed by atoms with van der Waals surface area (Å²) in [5.74, 6) is 0.547. The van der Waals surface area contributed by atoms with Gasteiger partial charge < -0.3 is 0 Å². The third kappa shape index (κ3) is 3.30. The van der Waals surface area contributed by atoms with Gasteiger partial charge in [0.05, 0.1) is 4.90 Å². The number of hydrogen-bond acceptors (Lipinski definition) is 4. The molecule has 1 heterocycles. The van der Waals surface area contributed by atoms with E-state index in [1.807, 2.05) is 19.1 Å². The molecule has 2 aromatic carbocycles. The first-order valence-corrected chi connectivity index (χ1v) is 8.89. The molecule has 24 heavy (non-hydrogen) atoms. The van der Waals surface area contributed by atoms with Crippen molar-refractivity contribution in [3.8, 4) is 11.4 Å². The van der Waals surface area contributed by atoms with Gasteiger partial charge in [-0.25, -0.2) is 13.4 Å². The largest absolute Gasteiger partial charge is 0.280 e. The molecule has 0 saturated heterocycles. The number of anilines is 1. The van der Waals surface area contributed by atoms with Crippen molar-refractivity contribution >= 4 is 15.7 Å². The Kier molecular flexibility index (Phi) is 4.11. The quantitative estimate of drug-likeness (QED) is 0.791. The van der Waals surface area contributed by atoms with Gasteiger partial charge in [-0.15, -0.1) is 0 Å². The molecule has 3 rings (SSSR count). The van der Waals surface area contributed by atoms with Crippen LogP contribution in [0.5, 0.6) is 0 Å². The van der Waals surface area contributed by atoms with Crippen LogP contribution in [-0.4, -0.2) is 23.2 Å². The van der Waals surface area contributed by atoms with Crippen LogP contribution in [0.2, 0.25) is 0 Å². The van der Waals surface area contributed by atoms with Crippen LogP contribution in [0.25, 0.3) is 11.4 Å². The highest BCUT2D eigenvalue weighted by Gasteiger charge is 2.17. The van der Waals surface area contributed by atoms with E-state index in [1.165, 1.54) is 0 Å². The normalized spacial score (nSPS) is 11.5. The van der Waals surface area contributed by atoms with E-state index in [-0.39, 0.29) is 4.90 Å². The third-order valence-electron chi connectivity index (χ3n) is 3.61. The van der Waals surface area contributed by atoms with Crippen LogP contribution in [0.1, 0.15) is 11.1 Å². The summed E-state index contributed by atoms with van der Waals surface area (Å²) in [7, 11) is -1.87. The van der Waals surface area contributed by atoms with Gasteiger partial charge in [0.25, 0.3) is 10.0 Å². The van der Waals surface area contributed by atoms with Crippen molar-refractivity contribution in [2.75, 3.05) is 4.72 Å². The summed E-state index contributed by atoms with van der Waals surface area (Å²) in [5, 5.41) is 4.23. The highest BCUT2D eigenvalue weighted by Crippen LogP contribution is 2.23. The smallest absolute Gasteiger partial charge is 0.262 e. The molecular formula is C17H18N4O2S. The van der Waals surface area contributed by atoms with Crippen molar-refractivity contribution in [3.63, 3.8) is 0 Å². The van der Waals surface area contributed by atoms with Crippen molar-refractivity contribution in [1.29, 1.82) is 0 Å². The molecule has 1 aromatic heterocycles. The van der Waals surface area contributed by atoms with E-state index < -0.39 is 10.0 Å². The number of sulfonamides is 1. The molecular weight excluding hydrogens is 324 g/mol. The molecule has 7 heteroatoms. The lowest BCUT2D eigenvalue weighted by Crippen LogP contribution is -2.14. The van der Waals surface area contributed by atoms with E-state index in [2.05, 4.69) is 14.8 Å². The number of nitrogens with zero attached hydrogens (tertiary/aromatic N) is 3. The summed E-state index contributed by atoms with van der Waals surface area (Å²) in [6.45, 7) is 3.65. The first kappa shape index (κ1) is 16.2. The van der Waals surface area contributed by atoms with E-state index in [0.29, 0.717) is 17.1 Å². The van der Waals surface area contributed by atoms with Gasteiger partial charge in [0.1, 0.15) is 6.33 Å². The number of aromatic nitrogens is 3. The molecule has 0 amide bonds. The van der Waals surface area contributed by atoms with Crippen molar-refractivity contribution < 1.29 is 8.42 Å². The first-order chi connectivity index (χ1) is 11.3. The summed E-state index contributed by atoms with van der Waals surface area (Å²) in [6, 6.07) is 12.4. The molecule has 0 spiro atoms. The minimum Gasteiger partial charge on any atom is -0.280 e. The van der Waals surface area contributed by atoms with Gasteiger partial charge in [-0.1, -0.05) is 24.3 Å². The highest BCUT2D eigenvalue weighted by molar-refractivity contribution is 7.92. The average molecular weight is 342 g/mol. The molecule has 0 atom stereocenters. The van der Waals surface area contributed by atoms with E-state index in [0.717, 1.165) is 11.1 Å². The van der Waals surface area contributed by atoms with Crippen LogP contribution >= 0.6 is 0 Å². The minimum atomic E-state index is -3.66. The Labute approximate surface area is 141 Å². The van der Waals surface area contributed by atoms with E-state index >= 15 is 0 Å². The Morgan fingerprint density at radius 1 is 1.08 bits per heavy atom. The lowest BCUT2D eigenvalue weighted by molar-refractivity contribution is 0.600. The predicted octanol–water partition coefficient (Wildman–Crippen LogP) is 2.90. The lowest BCUT2D eigenvalue weighted by Gasteiger charge is -2.11. The zero-order chi connectivity index (χ0) is 17.3. The second-order valence-corrected chi connectivity index (χ2v) is 7.35. The van der Waals surface area contributed by atoms with E-state index in [9.17, 15) is 8.42 Å². The highest BCUT2D eigenvalue weighted by atomic mass is 32.2. The molecule has 3 aromatic rings. The average Bonchev–Trinajstić information content (AvgIpc) is 2.96. The zero-order valence-corrected chi connectivity index (χ0v) is 14.5. The van der Waals surface area contributed by atoms with E-state index in [1.54, 1.807) is 55.3 Å². The van der Waals surface area contributed by atoms with Gasteiger partial charge in [-0.05, 0) is 43.2 Å². The molecule has 1 N–H and O–H groups in total. The van der Waals surface area contributed by atoms with Crippen LogP contribution in [0, 0.1) is 13.8 Å². The van der Waals surface area contributed by atoms with Crippen LogP contribution in [0.15, 0.2) is 53.7 Å². The van der Waals surface area contributed by atoms with Crippen LogP contribution in [0.4, 0.5) is 5.69 Å². The molecule has 0 aliphatic heterocycles. The zero-order valence-electron chi connectivity index (χ0n) is 13.7. The summed E-state index contributed by atoms with van der Waals surface area (Å²) >= 11 is 0. The SMILES string of the molecule is Cc1ccc(C)c(S(=O)(=O)Nc2cccc(-c3ncn(C)n3)c2)c1. The van der Waals surface area contributed by atoms with Crippen molar-refractivity contribution in [1.82, 2.24) is 14.8 Å². The van der Waals surface area contributed by atoms with Gasteiger partial charge >= 0.3 is 0 Å². The Hall–Kier alpha value is -2.67. The Balaban J connectivity index is 1.94. The second-order valence-electron chi connectivity index (χ2n) is 5.70. The number of hydrogen-bond donors (Lipinski definition) is 1. The van der Waals surface area contributed by atoms with Crippen LogP contribution < -0.4 is 4.72 Å². The Morgan fingerprint density at radius 3 is 2.58 bits per heavy atom. The molecule has 0 aliphatic carbocycles. The van der Waals surface area contributed by atoms with Gasteiger partial charge in [0.2, 0.25) is 0 Å². The number of aryl methyl sites for hydroxylation is 3. The number of nitrogens with one attached hydrogen (secondary N) is 1. The maximum Gasteiger partial charge on any atom is 0.262 e. The third-order valence-corrected chi connectivity index (χ3v) is 5.13. The summed E-state index contributed by atoms with van der Waals surface area (Å²) in [4.78, 5) is 4.46. The maximum absolute atomic E-state index is 12.7. The number of rotatable bonds is 4. The molecule has 0 bridgehead atoms. The van der Waals surface area contributed by atoms with Crippen molar-refractivity contribution in [2.24, 2.45) is 7.05 Å². The molecule has 6 nitrogen and oxygen atoms in total. The fourth-order valence-electron chi connectivity index (χ4n) is 2.40. The molecule has 0 unspecified atom stereocenters. The summed E-state index contributed by atoms with van der Waals surface area (Å²) in [6.07, 6.45) is 1.60. The fraction of sp³-hybridized carbons (Fsp3) is 0.176. The molecule has 0 saturated carbocycles. The monoisotopic (exact) mass is 342 g/mol. The van der Waals surface area contributed by atoms with Gasteiger partial charge in [0.15, 0.2) is 5.82 Å². The topological polar surface area (TPSA) is 76.9 Å². The molecule has 0 aliphatic rings. The predicted molar refractivity (Wildman–Crippen MR) is 93.2 cm³/mol.